The zero-order valence-corrected chi connectivity index (χ0v) is 8.60. The minimum atomic E-state index is -3.38. The Morgan fingerprint density at radius 3 is 2.08 bits per heavy atom. The molecule has 0 heterocycles. The minimum Gasteiger partial charge on any atom is -0.325 e. The van der Waals surface area contributed by atoms with E-state index in [9.17, 15) is 8.42 Å². The molecule has 0 radical (unpaired) electrons. The predicted molar refractivity (Wildman–Crippen MR) is 50.4 cm³/mol. The number of nitrogens with two attached hydrogens (primary N) is 2. The third kappa shape index (κ3) is 1.14. The van der Waals surface area contributed by atoms with Crippen molar-refractivity contribution in [2.75, 3.05) is 0 Å². The maximum absolute atomic E-state index is 11.3. The van der Waals surface area contributed by atoms with Crippen molar-refractivity contribution in [2.45, 2.75) is 43.4 Å². The average Bonchev–Trinajstić information content (AvgIpc) is 1.79. The second-order valence-corrected chi connectivity index (χ2v) is 6.49. The van der Waals surface area contributed by atoms with Crippen LogP contribution in [0.25, 0.3) is 0 Å². The summed E-state index contributed by atoms with van der Waals surface area (Å²) in [4.78, 5) is 0. The van der Waals surface area contributed by atoms with Gasteiger partial charge in [0.2, 0.25) is 10.0 Å². The van der Waals surface area contributed by atoms with E-state index < -0.39 is 10.0 Å². The van der Waals surface area contributed by atoms with Crippen molar-refractivity contribution in [3.05, 3.63) is 0 Å². The first-order valence-electron chi connectivity index (χ1n) is 4.62. The molecule has 0 saturated heterocycles. The Balaban J connectivity index is 2.17. The molecule has 0 aromatic carbocycles. The van der Waals surface area contributed by atoms with E-state index in [-0.39, 0.29) is 16.2 Å². The molecular weight excluding hydrogens is 188 g/mol. The summed E-state index contributed by atoms with van der Waals surface area (Å²) in [5, 5.41) is 4.81. The Kier molecular flexibility index (Phi) is 1.64. The van der Waals surface area contributed by atoms with Gasteiger partial charge in [0.05, 0.1) is 5.25 Å². The summed E-state index contributed by atoms with van der Waals surface area (Å²) in [6.45, 7) is 1.87. The molecule has 3 aliphatic rings. The number of hydrogen-bond donors (Lipinski definition) is 2. The first kappa shape index (κ1) is 9.43. The molecule has 0 amide bonds. The van der Waals surface area contributed by atoms with Gasteiger partial charge in [-0.1, -0.05) is 6.92 Å². The summed E-state index contributed by atoms with van der Waals surface area (Å²) in [6, 6.07) is 0. The van der Waals surface area contributed by atoms with Crippen LogP contribution in [-0.4, -0.2) is 19.2 Å². The van der Waals surface area contributed by atoms with Gasteiger partial charge in [-0.2, -0.15) is 0 Å². The second-order valence-electron chi connectivity index (χ2n) is 4.74. The minimum absolute atomic E-state index is 0.0435. The maximum Gasteiger partial charge on any atom is 0.212 e. The Bertz CT molecular complexity index is 316. The van der Waals surface area contributed by atoms with Crippen molar-refractivity contribution in [1.82, 2.24) is 0 Å². The lowest BCUT2D eigenvalue weighted by Gasteiger charge is -2.71. The van der Waals surface area contributed by atoms with Crippen molar-refractivity contribution >= 4 is 10.0 Å². The summed E-state index contributed by atoms with van der Waals surface area (Å²) < 4.78 is 22.5. The van der Waals surface area contributed by atoms with Crippen LogP contribution >= 0.6 is 0 Å². The first-order chi connectivity index (χ1) is 5.81. The summed E-state index contributed by atoms with van der Waals surface area (Å²) in [5.41, 5.74) is 5.77. The van der Waals surface area contributed by atoms with Crippen molar-refractivity contribution < 1.29 is 8.42 Å². The van der Waals surface area contributed by atoms with Crippen molar-refractivity contribution in [1.29, 1.82) is 0 Å². The first-order valence-corrected chi connectivity index (χ1v) is 6.23. The fourth-order valence-corrected chi connectivity index (χ4v) is 4.71. The second kappa shape index (κ2) is 2.27. The molecule has 3 aliphatic carbocycles. The standard InChI is InChI=1S/C8H16N2O2S/c1-2-6(13(10,11)12)7-3-8(9,4-7)5-7/h6H,2-5,9H2,1H3,(H2,10,11,12). The Morgan fingerprint density at radius 1 is 1.38 bits per heavy atom. The average molecular weight is 204 g/mol. The van der Waals surface area contributed by atoms with Gasteiger partial charge in [-0.25, -0.2) is 13.6 Å². The lowest BCUT2D eigenvalue weighted by Crippen LogP contribution is -2.76. The van der Waals surface area contributed by atoms with Crippen LogP contribution in [0.15, 0.2) is 0 Å². The monoisotopic (exact) mass is 204 g/mol. The SMILES string of the molecule is CCC(C12CC(N)(C1)C2)S(N)(=O)=O. The molecule has 4 N–H and O–H groups in total. The summed E-state index contributed by atoms with van der Waals surface area (Å²) in [6.07, 6.45) is 3.13. The molecule has 0 aromatic rings. The Labute approximate surface area is 78.7 Å². The molecule has 0 aromatic heterocycles. The van der Waals surface area contributed by atoms with E-state index in [1.54, 1.807) is 0 Å². The summed E-state index contributed by atoms with van der Waals surface area (Å²) >= 11 is 0. The Morgan fingerprint density at radius 2 is 1.85 bits per heavy atom. The van der Waals surface area contributed by atoms with Crippen molar-refractivity contribution in [2.24, 2.45) is 16.3 Å². The molecule has 4 nitrogen and oxygen atoms in total. The van der Waals surface area contributed by atoms with Gasteiger partial charge in [-0.05, 0) is 31.1 Å². The number of sulfonamides is 1. The molecule has 1 atom stereocenters. The highest BCUT2D eigenvalue weighted by atomic mass is 32.2. The molecule has 3 fully saturated rings. The third-order valence-electron chi connectivity index (χ3n) is 3.56. The summed E-state index contributed by atoms with van der Waals surface area (Å²) in [7, 11) is -3.38. The van der Waals surface area contributed by atoms with E-state index in [1.165, 1.54) is 0 Å². The van der Waals surface area contributed by atoms with Crippen LogP contribution in [0.3, 0.4) is 0 Å². The molecule has 0 aliphatic heterocycles. The van der Waals surface area contributed by atoms with Gasteiger partial charge in [0.15, 0.2) is 0 Å². The van der Waals surface area contributed by atoms with Crippen LogP contribution in [0.4, 0.5) is 0 Å². The van der Waals surface area contributed by atoms with Crippen LogP contribution in [0.5, 0.6) is 0 Å². The topological polar surface area (TPSA) is 86.2 Å². The van der Waals surface area contributed by atoms with Gasteiger partial charge >= 0.3 is 0 Å². The van der Waals surface area contributed by atoms with E-state index in [0.29, 0.717) is 6.42 Å². The highest BCUT2D eigenvalue weighted by Gasteiger charge is 2.70. The van der Waals surface area contributed by atoms with Crippen LogP contribution in [0.2, 0.25) is 0 Å². The van der Waals surface area contributed by atoms with Crippen LogP contribution in [0, 0.1) is 5.41 Å². The van der Waals surface area contributed by atoms with Gasteiger partial charge in [0, 0.05) is 5.54 Å². The molecule has 1 unspecified atom stereocenters. The molecule has 76 valence electrons. The largest absolute Gasteiger partial charge is 0.325 e. The van der Waals surface area contributed by atoms with Crippen molar-refractivity contribution in [3.63, 3.8) is 0 Å². The van der Waals surface area contributed by atoms with E-state index in [2.05, 4.69) is 0 Å². The smallest absolute Gasteiger partial charge is 0.212 e. The fourth-order valence-electron chi connectivity index (χ4n) is 3.30. The highest BCUT2D eigenvalue weighted by molar-refractivity contribution is 7.89. The van der Waals surface area contributed by atoms with Gasteiger partial charge in [-0.15, -0.1) is 0 Å². The zero-order valence-electron chi connectivity index (χ0n) is 7.79. The van der Waals surface area contributed by atoms with E-state index in [1.807, 2.05) is 6.92 Å². The van der Waals surface area contributed by atoms with E-state index in [4.69, 9.17) is 10.9 Å². The quantitative estimate of drug-likeness (QED) is 0.675. The normalized spacial score (nSPS) is 44.8. The highest BCUT2D eigenvalue weighted by Crippen LogP contribution is 2.68. The molecule has 3 saturated carbocycles. The molecule has 2 bridgehead atoms. The van der Waals surface area contributed by atoms with Gasteiger partial charge in [-0.3, -0.25) is 0 Å². The molecular formula is C8H16N2O2S. The van der Waals surface area contributed by atoms with Gasteiger partial charge in [0.25, 0.3) is 0 Å². The fraction of sp³-hybridized carbons (Fsp3) is 1.00. The molecule has 3 rings (SSSR count). The number of rotatable bonds is 3. The van der Waals surface area contributed by atoms with Crippen LogP contribution in [0.1, 0.15) is 32.6 Å². The van der Waals surface area contributed by atoms with Crippen LogP contribution in [-0.2, 0) is 10.0 Å². The lowest BCUT2D eigenvalue weighted by atomic mass is 9.38. The molecule has 5 heteroatoms. The van der Waals surface area contributed by atoms with Crippen molar-refractivity contribution in [3.8, 4) is 0 Å². The zero-order chi connectivity index (χ0) is 9.91. The Hall–Kier alpha value is -0.130. The molecule has 0 spiro atoms. The molecule has 13 heavy (non-hydrogen) atoms. The third-order valence-corrected chi connectivity index (χ3v) is 5.19. The number of hydrogen-bond acceptors (Lipinski definition) is 3. The van der Waals surface area contributed by atoms with E-state index >= 15 is 0 Å². The maximum atomic E-state index is 11.3. The summed E-state index contributed by atoms with van der Waals surface area (Å²) in [5.74, 6) is 0. The predicted octanol–water partition coefficient (Wildman–Crippen LogP) is -0.0651. The van der Waals surface area contributed by atoms with Gasteiger partial charge < -0.3 is 5.73 Å². The van der Waals surface area contributed by atoms with Gasteiger partial charge in [0.1, 0.15) is 0 Å². The van der Waals surface area contributed by atoms with Crippen LogP contribution < -0.4 is 10.9 Å². The van der Waals surface area contributed by atoms with E-state index in [0.717, 1.165) is 19.3 Å². The number of primary sulfonamides is 1. The lowest BCUT2D eigenvalue weighted by molar-refractivity contribution is -0.133.